The number of Topliss-reactive ketones (excluding diaryl/α,β-unsaturated/α-hetero) is 1. The maximum Gasteiger partial charge on any atom is 0.407 e. The van der Waals surface area contributed by atoms with Crippen molar-refractivity contribution in [1.82, 2.24) is 10.6 Å². The predicted octanol–water partition coefficient (Wildman–Crippen LogP) is 1.96. The molecular weight excluding hydrogens is 504 g/mol. The van der Waals surface area contributed by atoms with Crippen molar-refractivity contribution in [2.45, 2.75) is 56.8 Å². The van der Waals surface area contributed by atoms with E-state index in [4.69, 9.17) is 28.4 Å². The van der Waals surface area contributed by atoms with Gasteiger partial charge in [-0.05, 0) is 38.9 Å². The highest BCUT2D eigenvalue weighted by molar-refractivity contribution is 7.99. The van der Waals surface area contributed by atoms with Crippen LogP contribution in [0.2, 0.25) is 0 Å². The Labute approximate surface area is 225 Å². The molecule has 0 aromatic rings. The van der Waals surface area contributed by atoms with Crippen LogP contribution in [-0.4, -0.2) is 115 Å². The van der Waals surface area contributed by atoms with Crippen molar-refractivity contribution in [1.29, 1.82) is 0 Å². The van der Waals surface area contributed by atoms with E-state index in [0.29, 0.717) is 84.4 Å². The van der Waals surface area contributed by atoms with Crippen molar-refractivity contribution in [2.75, 3.05) is 85.4 Å². The van der Waals surface area contributed by atoms with Crippen molar-refractivity contribution in [3.8, 4) is 0 Å². The Balaban J connectivity index is 1.73. The molecule has 0 unspecified atom stereocenters. The minimum Gasteiger partial charge on any atom is -0.446 e. The van der Waals surface area contributed by atoms with Crippen molar-refractivity contribution in [2.24, 2.45) is 0 Å². The molecule has 2 amide bonds. The Kier molecular flexibility index (Phi) is 21.5. The number of hydrogen-bond donors (Lipinski definition) is 2. The van der Waals surface area contributed by atoms with Crippen LogP contribution in [-0.2, 0) is 38.0 Å². The van der Waals surface area contributed by atoms with Crippen LogP contribution in [0.5, 0.6) is 0 Å². The minimum atomic E-state index is -0.371. The average molecular weight is 551 g/mol. The zero-order chi connectivity index (χ0) is 27.0. The summed E-state index contributed by atoms with van der Waals surface area (Å²) in [7, 11) is 0. The molecule has 37 heavy (non-hydrogen) atoms. The number of carbonyl (C=O) groups excluding carboxylic acids is 3. The molecule has 0 aromatic heterocycles. The summed E-state index contributed by atoms with van der Waals surface area (Å²) in [5.41, 5.74) is 0. The molecule has 0 aromatic carbocycles. The molecule has 1 aliphatic rings. The summed E-state index contributed by atoms with van der Waals surface area (Å²) in [6.07, 6.45) is 6.36. The third-order valence-corrected chi connectivity index (χ3v) is 6.64. The molecule has 12 heteroatoms. The quantitative estimate of drug-likeness (QED) is 0.182. The van der Waals surface area contributed by atoms with Crippen molar-refractivity contribution in [3.63, 3.8) is 0 Å². The van der Waals surface area contributed by atoms with Gasteiger partial charge in [-0.2, -0.15) is 11.8 Å². The van der Waals surface area contributed by atoms with E-state index in [9.17, 15) is 14.4 Å². The summed E-state index contributed by atoms with van der Waals surface area (Å²) in [6.45, 7) is 6.73. The van der Waals surface area contributed by atoms with Crippen LogP contribution in [0.25, 0.3) is 0 Å². The zero-order valence-electron chi connectivity index (χ0n) is 22.5. The average Bonchev–Trinajstić information content (AvgIpc) is 2.89. The maximum absolute atomic E-state index is 11.8. The number of amides is 2. The predicted molar refractivity (Wildman–Crippen MR) is 141 cm³/mol. The van der Waals surface area contributed by atoms with E-state index in [-0.39, 0.29) is 36.7 Å². The Hall–Kier alpha value is -1.44. The lowest BCUT2D eigenvalue weighted by Crippen LogP contribution is -2.33. The van der Waals surface area contributed by atoms with Crippen LogP contribution < -0.4 is 10.6 Å². The number of nitrogens with one attached hydrogen (secondary N) is 2. The lowest BCUT2D eigenvalue weighted by Gasteiger charge is -2.27. The van der Waals surface area contributed by atoms with E-state index in [0.717, 1.165) is 25.7 Å². The second-order valence-electron chi connectivity index (χ2n) is 8.58. The Morgan fingerprint density at radius 2 is 1.14 bits per heavy atom. The van der Waals surface area contributed by atoms with E-state index in [1.807, 2.05) is 11.8 Å². The van der Waals surface area contributed by atoms with E-state index in [1.165, 1.54) is 6.92 Å². The van der Waals surface area contributed by atoms with Gasteiger partial charge in [0.25, 0.3) is 0 Å². The first kappa shape index (κ1) is 33.6. The van der Waals surface area contributed by atoms with Gasteiger partial charge in [0.2, 0.25) is 5.91 Å². The number of thioether (sulfide) groups is 1. The molecule has 0 heterocycles. The summed E-state index contributed by atoms with van der Waals surface area (Å²) in [5, 5.41) is 6.11. The van der Waals surface area contributed by atoms with Gasteiger partial charge in [0.1, 0.15) is 11.9 Å². The van der Waals surface area contributed by atoms with E-state index in [1.54, 1.807) is 0 Å². The first-order chi connectivity index (χ1) is 18.0. The highest BCUT2D eigenvalue weighted by Crippen LogP contribution is 2.28. The maximum atomic E-state index is 11.8. The molecule has 0 spiro atoms. The summed E-state index contributed by atoms with van der Waals surface area (Å²) >= 11 is 1.89. The van der Waals surface area contributed by atoms with Gasteiger partial charge < -0.3 is 43.8 Å². The topological polar surface area (TPSA) is 131 Å². The molecule has 1 aliphatic carbocycles. The summed E-state index contributed by atoms with van der Waals surface area (Å²) in [6, 6.07) is 0. The molecule has 2 N–H and O–H groups in total. The zero-order valence-corrected chi connectivity index (χ0v) is 23.3. The number of carbonyl (C=O) groups is 3. The fraction of sp³-hybridized carbons (Fsp3) is 0.880. The minimum absolute atomic E-state index is 0.00463. The number of rotatable bonds is 23. The van der Waals surface area contributed by atoms with Gasteiger partial charge >= 0.3 is 6.09 Å². The molecule has 0 bridgehead atoms. The third kappa shape index (κ3) is 21.2. The first-order valence-electron chi connectivity index (χ1n) is 13.1. The molecule has 1 fully saturated rings. The number of ether oxygens (including phenoxy) is 6. The fourth-order valence-corrected chi connectivity index (χ4v) is 4.17. The Morgan fingerprint density at radius 3 is 1.59 bits per heavy atom. The van der Waals surface area contributed by atoms with Gasteiger partial charge in [0, 0.05) is 31.2 Å². The van der Waals surface area contributed by atoms with Gasteiger partial charge in [0.05, 0.1) is 66.1 Å². The monoisotopic (exact) mass is 550 g/mol. The van der Waals surface area contributed by atoms with Crippen molar-refractivity contribution < 1.29 is 42.8 Å². The number of hydrogen-bond acceptors (Lipinski definition) is 10. The van der Waals surface area contributed by atoms with Crippen LogP contribution in [0.3, 0.4) is 0 Å². The van der Waals surface area contributed by atoms with E-state index in [2.05, 4.69) is 16.9 Å². The molecule has 11 nitrogen and oxygen atoms in total. The van der Waals surface area contributed by atoms with Crippen LogP contribution in [0.1, 0.15) is 45.4 Å². The summed E-state index contributed by atoms with van der Waals surface area (Å²) < 4.78 is 32.5. The van der Waals surface area contributed by atoms with Gasteiger partial charge in [0.15, 0.2) is 0 Å². The first-order valence-corrected chi connectivity index (χ1v) is 14.4. The number of alkyl carbamates (subject to hydrolysis) is 1. The van der Waals surface area contributed by atoms with Crippen LogP contribution in [0.15, 0.2) is 0 Å². The van der Waals surface area contributed by atoms with Gasteiger partial charge in [-0.1, -0.05) is 0 Å². The standard InChI is InChI=1S/C25H46N2O9S/c1-21(28)3-8-24(29)26-9-11-31-13-15-33-17-19-35-20-18-34-16-14-32-12-10-27-25(30)36-22-4-6-23(37-2)7-5-22/h22-23H,3-20H2,1-2H3,(H,26,29)(H,27,30). The second-order valence-corrected chi connectivity index (χ2v) is 9.72. The van der Waals surface area contributed by atoms with E-state index >= 15 is 0 Å². The molecule has 1 rings (SSSR count). The van der Waals surface area contributed by atoms with Crippen LogP contribution in [0, 0.1) is 0 Å². The second kappa shape index (κ2) is 23.7. The smallest absolute Gasteiger partial charge is 0.407 e. The summed E-state index contributed by atoms with van der Waals surface area (Å²) in [5.74, 6) is -0.140. The molecular formula is C25H46N2O9S. The molecule has 0 saturated heterocycles. The van der Waals surface area contributed by atoms with Gasteiger partial charge in [-0.15, -0.1) is 0 Å². The van der Waals surface area contributed by atoms with Gasteiger partial charge in [-0.3, -0.25) is 4.79 Å². The Morgan fingerprint density at radius 1 is 0.676 bits per heavy atom. The molecule has 0 atom stereocenters. The van der Waals surface area contributed by atoms with Crippen molar-refractivity contribution >= 4 is 29.5 Å². The normalized spacial score (nSPS) is 17.4. The Bertz CT molecular complexity index is 605. The van der Waals surface area contributed by atoms with Crippen LogP contribution >= 0.6 is 11.8 Å². The third-order valence-electron chi connectivity index (χ3n) is 5.50. The number of ketones is 1. The van der Waals surface area contributed by atoms with Gasteiger partial charge in [-0.25, -0.2) is 4.79 Å². The largest absolute Gasteiger partial charge is 0.446 e. The summed E-state index contributed by atoms with van der Waals surface area (Å²) in [4.78, 5) is 34.0. The fourth-order valence-electron chi connectivity index (χ4n) is 3.43. The van der Waals surface area contributed by atoms with E-state index < -0.39 is 0 Å². The lowest BCUT2D eigenvalue weighted by molar-refractivity contribution is -0.124. The highest BCUT2D eigenvalue weighted by atomic mass is 32.2. The SMILES string of the molecule is CSC1CCC(OC(=O)NCCOCCOCCOCCOCCOCCNC(=O)CCC(C)=O)CC1. The molecule has 216 valence electrons. The molecule has 0 aliphatic heterocycles. The van der Waals surface area contributed by atoms with Crippen molar-refractivity contribution in [3.05, 3.63) is 0 Å². The van der Waals surface area contributed by atoms with Crippen LogP contribution in [0.4, 0.5) is 4.79 Å². The molecule has 1 saturated carbocycles. The molecule has 0 radical (unpaired) electrons. The lowest BCUT2D eigenvalue weighted by atomic mass is 9.97. The highest BCUT2D eigenvalue weighted by Gasteiger charge is 2.23.